The number of aromatic nitrogens is 1. The number of carboxylic acid groups (broad SMARTS) is 1. The number of benzene rings is 1. The molecule has 2 heterocycles. The van der Waals surface area contributed by atoms with Crippen molar-refractivity contribution in [3.63, 3.8) is 0 Å². The van der Waals surface area contributed by atoms with E-state index in [2.05, 4.69) is 4.98 Å². The van der Waals surface area contributed by atoms with Gasteiger partial charge in [-0.15, -0.1) is 11.3 Å². The van der Waals surface area contributed by atoms with Crippen molar-refractivity contribution in [2.75, 3.05) is 6.54 Å². The molecule has 5 nitrogen and oxygen atoms in total. The van der Waals surface area contributed by atoms with E-state index in [0.717, 1.165) is 23.5 Å². The van der Waals surface area contributed by atoms with Crippen molar-refractivity contribution in [2.24, 2.45) is 0 Å². The lowest BCUT2D eigenvalue weighted by Gasteiger charge is -2.20. The highest BCUT2D eigenvalue weighted by Gasteiger charge is 2.33. The molecule has 0 bridgehead atoms. The number of carbonyl (C=O) groups excluding carboxylic acids is 1. The fourth-order valence-electron chi connectivity index (χ4n) is 2.86. The maximum absolute atomic E-state index is 12.3. The van der Waals surface area contributed by atoms with Gasteiger partial charge >= 0.3 is 5.97 Å². The molecule has 0 spiro atoms. The van der Waals surface area contributed by atoms with Crippen molar-refractivity contribution in [3.05, 3.63) is 52.0 Å². The van der Waals surface area contributed by atoms with Gasteiger partial charge in [0.1, 0.15) is 6.04 Å². The van der Waals surface area contributed by atoms with Crippen molar-refractivity contribution < 1.29 is 14.7 Å². The molecule has 0 aliphatic carbocycles. The first-order valence-electron chi connectivity index (χ1n) is 7.63. The summed E-state index contributed by atoms with van der Waals surface area (Å²) in [5, 5.41) is 12.0. The highest BCUT2D eigenvalue weighted by molar-refractivity contribution is 7.09. The van der Waals surface area contributed by atoms with E-state index in [1.807, 2.05) is 35.7 Å². The Bertz CT molecular complexity index is 699. The minimum absolute atomic E-state index is 0.147. The lowest BCUT2D eigenvalue weighted by molar-refractivity contribution is -0.148. The van der Waals surface area contributed by atoms with E-state index in [9.17, 15) is 9.59 Å². The minimum Gasteiger partial charge on any atom is -0.480 e. The molecule has 0 unspecified atom stereocenters. The summed E-state index contributed by atoms with van der Waals surface area (Å²) in [5.41, 5.74) is 1.91. The Balaban J connectivity index is 1.62. The Hall–Kier alpha value is -2.21. The van der Waals surface area contributed by atoms with Gasteiger partial charge in [-0.3, -0.25) is 4.79 Å². The second-order valence-electron chi connectivity index (χ2n) is 5.66. The van der Waals surface area contributed by atoms with Gasteiger partial charge in [-0.2, -0.15) is 0 Å². The van der Waals surface area contributed by atoms with Crippen molar-refractivity contribution in [3.8, 4) is 0 Å². The van der Waals surface area contributed by atoms with E-state index >= 15 is 0 Å². The van der Waals surface area contributed by atoms with Crippen molar-refractivity contribution in [1.29, 1.82) is 0 Å². The van der Waals surface area contributed by atoms with Gasteiger partial charge in [0.2, 0.25) is 5.91 Å². The molecular formula is C17H18N2O3S. The zero-order chi connectivity index (χ0) is 16.2. The summed E-state index contributed by atoms with van der Waals surface area (Å²) in [6.45, 7) is 0.525. The van der Waals surface area contributed by atoms with Crippen LogP contribution in [0, 0.1) is 0 Å². The predicted octanol–water partition coefficient (Wildman–Crippen LogP) is 2.35. The third-order valence-corrected chi connectivity index (χ3v) is 4.89. The first-order chi connectivity index (χ1) is 11.1. The number of likely N-dealkylation sites (tertiary alicyclic amines) is 1. The fraction of sp³-hybridized carbons (Fsp3) is 0.353. The fourth-order valence-corrected chi connectivity index (χ4v) is 3.69. The minimum atomic E-state index is -0.918. The van der Waals surface area contributed by atoms with E-state index in [1.165, 1.54) is 21.8 Å². The highest BCUT2D eigenvalue weighted by atomic mass is 32.1. The smallest absolute Gasteiger partial charge is 0.326 e. The van der Waals surface area contributed by atoms with Crippen LogP contribution in [0.1, 0.15) is 29.1 Å². The maximum Gasteiger partial charge on any atom is 0.326 e. The normalized spacial score (nSPS) is 17.4. The summed E-state index contributed by atoms with van der Waals surface area (Å²) in [4.78, 5) is 29.5. The second-order valence-corrected chi connectivity index (χ2v) is 6.60. The summed E-state index contributed by atoms with van der Waals surface area (Å²) >= 11 is 1.54. The molecule has 1 fully saturated rings. The standard InChI is InChI=1S/C17H18N2O3S/c20-16(19-8-4-7-14(19)17(21)22)10-13-11-23-15(18-13)9-12-5-2-1-3-6-12/h1-3,5-6,11,14H,4,7-10H2,(H,21,22)/t14-/m1/s1. The lowest BCUT2D eigenvalue weighted by Crippen LogP contribution is -2.41. The first kappa shape index (κ1) is 15.7. The molecular weight excluding hydrogens is 312 g/mol. The number of aliphatic carboxylic acids is 1. The monoisotopic (exact) mass is 330 g/mol. The first-order valence-corrected chi connectivity index (χ1v) is 8.51. The molecule has 1 aliphatic rings. The molecule has 0 radical (unpaired) electrons. The summed E-state index contributed by atoms with van der Waals surface area (Å²) < 4.78 is 0. The molecule has 3 rings (SSSR count). The maximum atomic E-state index is 12.3. The molecule has 1 saturated heterocycles. The lowest BCUT2D eigenvalue weighted by atomic mass is 10.2. The number of hydrogen-bond acceptors (Lipinski definition) is 4. The Labute approximate surface area is 138 Å². The Morgan fingerprint density at radius 3 is 2.83 bits per heavy atom. The SMILES string of the molecule is O=C(O)[C@H]1CCCN1C(=O)Cc1csc(Cc2ccccc2)n1. The molecule has 1 N–H and O–H groups in total. The van der Waals surface area contributed by atoms with Crippen LogP contribution in [0.2, 0.25) is 0 Å². The molecule has 23 heavy (non-hydrogen) atoms. The van der Waals surface area contributed by atoms with Crippen LogP contribution >= 0.6 is 11.3 Å². The van der Waals surface area contributed by atoms with Gasteiger partial charge in [-0.05, 0) is 18.4 Å². The quantitative estimate of drug-likeness (QED) is 0.913. The Morgan fingerprint density at radius 2 is 2.09 bits per heavy atom. The molecule has 1 atom stereocenters. The van der Waals surface area contributed by atoms with Crippen LogP contribution in [0.25, 0.3) is 0 Å². The molecule has 1 aromatic carbocycles. The van der Waals surface area contributed by atoms with Gasteiger partial charge in [-0.1, -0.05) is 30.3 Å². The number of amides is 1. The summed E-state index contributed by atoms with van der Waals surface area (Å²) in [6, 6.07) is 9.39. The third-order valence-electron chi connectivity index (χ3n) is 3.99. The van der Waals surface area contributed by atoms with Crippen LogP contribution in [0.4, 0.5) is 0 Å². The van der Waals surface area contributed by atoms with Gasteiger partial charge in [0, 0.05) is 18.3 Å². The van der Waals surface area contributed by atoms with E-state index in [4.69, 9.17) is 5.11 Å². The number of hydrogen-bond donors (Lipinski definition) is 1. The van der Waals surface area contributed by atoms with Crippen LogP contribution in [-0.4, -0.2) is 39.5 Å². The van der Waals surface area contributed by atoms with Crippen LogP contribution in [0.3, 0.4) is 0 Å². The second kappa shape index (κ2) is 6.91. The van der Waals surface area contributed by atoms with Crippen molar-refractivity contribution >= 4 is 23.2 Å². The van der Waals surface area contributed by atoms with Crippen LogP contribution in [0.15, 0.2) is 35.7 Å². The van der Waals surface area contributed by atoms with E-state index < -0.39 is 12.0 Å². The van der Waals surface area contributed by atoms with Crippen molar-refractivity contribution in [2.45, 2.75) is 31.7 Å². The molecule has 120 valence electrons. The average molecular weight is 330 g/mol. The predicted molar refractivity (Wildman–Crippen MR) is 87.4 cm³/mol. The van der Waals surface area contributed by atoms with Gasteiger partial charge in [-0.25, -0.2) is 9.78 Å². The van der Waals surface area contributed by atoms with Crippen LogP contribution in [0.5, 0.6) is 0 Å². The number of thiazole rings is 1. The van der Waals surface area contributed by atoms with Gasteiger partial charge in [0.15, 0.2) is 0 Å². The average Bonchev–Trinajstić information content (AvgIpc) is 3.17. The summed E-state index contributed by atoms with van der Waals surface area (Å²) in [5.74, 6) is -1.06. The topological polar surface area (TPSA) is 70.5 Å². The summed E-state index contributed by atoms with van der Waals surface area (Å²) in [6.07, 6.45) is 2.21. The number of rotatable bonds is 5. The van der Waals surface area contributed by atoms with Gasteiger partial charge in [0.05, 0.1) is 17.1 Å². The van der Waals surface area contributed by atoms with Gasteiger partial charge in [0.25, 0.3) is 0 Å². The van der Waals surface area contributed by atoms with Crippen LogP contribution in [-0.2, 0) is 22.4 Å². The van der Waals surface area contributed by atoms with Crippen LogP contribution < -0.4 is 0 Å². The van der Waals surface area contributed by atoms with E-state index in [1.54, 1.807) is 0 Å². The zero-order valence-electron chi connectivity index (χ0n) is 12.6. The molecule has 0 saturated carbocycles. The zero-order valence-corrected chi connectivity index (χ0v) is 13.5. The summed E-state index contributed by atoms with van der Waals surface area (Å²) in [7, 11) is 0. The van der Waals surface area contributed by atoms with E-state index in [0.29, 0.717) is 13.0 Å². The molecule has 6 heteroatoms. The molecule has 1 aromatic heterocycles. The number of carbonyl (C=O) groups is 2. The van der Waals surface area contributed by atoms with E-state index in [-0.39, 0.29) is 12.3 Å². The van der Waals surface area contributed by atoms with Crippen molar-refractivity contribution in [1.82, 2.24) is 9.88 Å². The molecule has 2 aromatic rings. The Kier molecular flexibility index (Phi) is 4.71. The Morgan fingerprint density at radius 1 is 1.30 bits per heavy atom. The largest absolute Gasteiger partial charge is 0.480 e. The number of nitrogens with zero attached hydrogens (tertiary/aromatic N) is 2. The number of carboxylic acids is 1. The van der Waals surface area contributed by atoms with Gasteiger partial charge < -0.3 is 10.0 Å². The highest BCUT2D eigenvalue weighted by Crippen LogP contribution is 2.20. The molecule has 1 amide bonds. The molecule has 1 aliphatic heterocycles. The third kappa shape index (κ3) is 3.76.